The fourth-order valence-electron chi connectivity index (χ4n) is 4.39. The number of hydrogen-bond donors (Lipinski definition) is 4. The molecule has 1 rings (SSSR count). The number of amides is 2. The molecule has 0 aliphatic rings. The normalized spacial score (nSPS) is 14.7. The highest BCUT2D eigenvalue weighted by molar-refractivity contribution is 5.85. The van der Waals surface area contributed by atoms with E-state index in [0.29, 0.717) is 37.1 Å². The summed E-state index contributed by atoms with van der Waals surface area (Å²) >= 11 is 0. The molecule has 0 radical (unpaired) electrons. The average molecular weight is 588 g/mol. The Bertz CT molecular complexity index is 896. The second kappa shape index (κ2) is 18.4. The lowest BCUT2D eigenvalue weighted by atomic mass is 9.80. The Balaban J connectivity index is 0.0000152. The Hall–Kier alpha value is -2.07. The lowest BCUT2D eigenvalue weighted by molar-refractivity contribution is -0.130. The Morgan fingerprint density at radius 2 is 1.68 bits per heavy atom. The highest BCUT2D eigenvalue weighted by atomic mass is 35.5. The lowest BCUT2D eigenvalue weighted by Gasteiger charge is -2.30. The number of aliphatic hydroxyl groups excluding tert-OH is 1. The molecular weight excluding hydrogens is 534 g/mol. The van der Waals surface area contributed by atoms with Crippen LogP contribution >= 0.6 is 12.4 Å². The molecule has 4 atom stereocenters. The first-order valence-corrected chi connectivity index (χ1v) is 14.0. The molecule has 6 N–H and O–H groups in total. The summed E-state index contributed by atoms with van der Waals surface area (Å²) in [4.78, 5) is 24.5. The minimum absolute atomic E-state index is 0. The van der Waals surface area contributed by atoms with Gasteiger partial charge in [-0.2, -0.15) is 0 Å². The number of hydrogen-bond acceptors (Lipinski definition) is 7. The third kappa shape index (κ3) is 12.6. The van der Waals surface area contributed by atoms with E-state index in [0.717, 1.165) is 18.4 Å². The minimum Gasteiger partial charge on any atom is -0.493 e. The fraction of sp³-hybridized carbons (Fsp3) is 0.733. The molecule has 4 unspecified atom stereocenters. The maximum Gasteiger partial charge on any atom is 0.224 e. The summed E-state index contributed by atoms with van der Waals surface area (Å²) in [7, 11) is 3.29. The predicted molar refractivity (Wildman–Crippen MR) is 162 cm³/mol. The minimum atomic E-state index is -0.854. The smallest absolute Gasteiger partial charge is 0.224 e. The number of halogens is 1. The Kier molecular flexibility index (Phi) is 17.4. The molecule has 0 saturated carbocycles. The zero-order valence-corrected chi connectivity index (χ0v) is 26.5. The van der Waals surface area contributed by atoms with Gasteiger partial charge < -0.3 is 36.1 Å². The molecule has 1 aromatic rings. The van der Waals surface area contributed by atoms with E-state index in [9.17, 15) is 14.7 Å². The van der Waals surface area contributed by atoms with Gasteiger partial charge in [0.15, 0.2) is 11.5 Å². The number of nitrogens with one attached hydrogen (secondary N) is 1. The third-order valence-electron chi connectivity index (χ3n) is 7.50. The summed E-state index contributed by atoms with van der Waals surface area (Å²) < 4.78 is 16.5. The Labute approximate surface area is 247 Å². The van der Waals surface area contributed by atoms with E-state index in [-0.39, 0.29) is 43.1 Å². The Morgan fingerprint density at radius 1 is 1.02 bits per heavy atom. The van der Waals surface area contributed by atoms with Gasteiger partial charge in [-0.25, -0.2) is 0 Å². The fourth-order valence-corrected chi connectivity index (χ4v) is 4.39. The molecule has 10 heteroatoms. The van der Waals surface area contributed by atoms with Crippen LogP contribution in [0.4, 0.5) is 0 Å². The van der Waals surface area contributed by atoms with Gasteiger partial charge in [-0.05, 0) is 68.6 Å². The van der Waals surface area contributed by atoms with Crippen LogP contribution in [0, 0.1) is 29.1 Å². The van der Waals surface area contributed by atoms with E-state index in [1.807, 2.05) is 32.0 Å². The lowest BCUT2D eigenvalue weighted by Crippen LogP contribution is -2.46. The van der Waals surface area contributed by atoms with Crippen LogP contribution in [0.1, 0.15) is 66.4 Å². The molecule has 9 nitrogen and oxygen atoms in total. The van der Waals surface area contributed by atoms with Crippen molar-refractivity contribution in [3.05, 3.63) is 23.8 Å². The molecule has 2 amide bonds. The van der Waals surface area contributed by atoms with Gasteiger partial charge in [-0.15, -0.1) is 12.4 Å². The van der Waals surface area contributed by atoms with Gasteiger partial charge in [0.05, 0.1) is 25.2 Å². The van der Waals surface area contributed by atoms with Crippen molar-refractivity contribution in [2.24, 2.45) is 40.6 Å². The zero-order chi connectivity index (χ0) is 29.8. The standard InChI is InChI=1S/C30H53N3O6.ClH/c1-19(2)22(14-21-10-11-26(38-8)27(15-21)39-13-9-12-37-7)16-24(31)25(34)17-23(20(3)4)28(35)33-18-30(5,6)29(32)36;/h10-11,15,19-20,22-25,34H,9,12-14,16-18,31H2,1-8H3,(H2,32,36)(H,33,35);1H. The molecule has 0 heterocycles. The molecule has 0 aliphatic carbocycles. The van der Waals surface area contributed by atoms with E-state index in [1.54, 1.807) is 28.1 Å². The first-order valence-electron chi connectivity index (χ1n) is 14.0. The van der Waals surface area contributed by atoms with E-state index in [2.05, 4.69) is 19.2 Å². The Morgan fingerprint density at radius 3 is 2.20 bits per heavy atom. The molecule has 0 bridgehead atoms. The number of carbonyl (C=O) groups is 2. The zero-order valence-electron chi connectivity index (χ0n) is 25.7. The van der Waals surface area contributed by atoms with Gasteiger partial charge in [0.1, 0.15) is 0 Å². The van der Waals surface area contributed by atoms with Crippen LogP contribution < -0.4 is 26.3 Å². The number of nitrogens with two attached hydrogens (primary N) is 2. The number of benzene rings is 1. The van der Waals surface area contributed by atoms with Gasteiger partial charge in [0, 0.05) is 38.6 Å². The number of carbonyl (C=O) groups excluding carboxylic acids is 2. The number of aliphatic hydroxyl groups is 1. The van der Waals surface area contributed by atoms with Crippen molar-refractivity contribution in [2.75, 3.05) is 34.0 Å². The van der Waals surface area contributed by atoms with Crippen LogP contribution in [0.2, 0.25) is 0 Å². The molecule has 1 aromatic carbocycles. The molecule has 0 aromatic heterocycles. The summed E-state index contributed by atoms with van der Waals surface area (Å²) in [6.07, 6.45) is 1.56. The summed E-state index contributed by atoms with van der Waals surface area (Å²) in [5.41, 5.74) is 12.2. The van der Waals surface area contributed by atoms with Crippen molar-refractivity contribution >= 4 is 24.2 Å². The first-order chi connectivity index (χ1) is 18.2. The summed E-state index contributed by atoms with van der Waals surface area (Å²) in [6, 6.07) is 5.47. The molecule has 232 valence electrons. The molecule has 0 spiro atoms. The van der Waals surface area contributed by atoms with Gasteiger partial charge in [-0.1, -0.05) is 33.8 Å². The second-order valence-corrected chi connectivity index (χ2v) is 11.9. The second-order valence-electron chi connectivity index (χ2n) is 11.9. The van der Waals surface area contributed by atoms with Crippen molar-refractivity contribution in [1.29, 1.82) is 0 Å². The van der Waals surface area contributed by atoms with Gasteiger partial charge in [-0.3, -0.25) is 9.59 Å². The van der Waals surface area contributed by atoms with E-state index >= 15 is 0 Å². The topological polar surface area (TPSA) is 146 Å². The maximum absolute atomic E-state index is 12.9. The number of rotatable bonds is 19. The van der Waals surface area contributed by atoms with Crippen LogP contribution in [0.25, 0.3) is 0 Å². The SMILES string of the molecule is COCCCOc1cc(CC(CC(N)C(O)CC(C(=O)NCC(C)(C)C(N)=O)C(C)C)C(C)C)ccc1OC.Cl. The molecule has 0 saturated heterocycles. The van der Waals surface area contributed by atoms with Crippen molar-refractivity contribution < 1.29 is 28.9 Å². The number of methoxy groups -OCH3 is 2. The third-order valence-corrected chi connectivity index (χ3v) is 7.50. The summed E-state index contributed by atoms with van der Waals surface area (Å²) in [5.74, 6) is 0.792. The van der Waals surface area contributed by atoms with Crippen LogP contribution in [-0.4, -0.2) is 63.0 Å². The van der Waals surface area contributed by atoms with E-state index < -0.39 is 29.4 Å². The molecule has 0 aliphatic heterocycles. The maximum atomic E-state index is 12.9. The van der Waals surface area contributed by atoms with E-state index in [1.165, 1.54) is 0 Å². The summed E-state index contributed by atoms with van der Waals surface area (Å²) in [5, 5.41) is 13.9. The van der Waals surface area contributed by atoms with Crippen LogP contribution in [0.15, 0.2) is 18.2 Å². The van der Waals surface area contributed by atoms with E-state index in [4.69, 9.17) is 25.7 Å². The van der Waals surface area contributed by atoms with Crippen molar-refractivity contribution in [2.45, 2.75) is 79.4 Å². The predicted octanol–water partition coefficient (Wildman–Crippen LogP) is 3.72. The average Bonchev–Trinajstić information content (AvgIpc) is 2.87. The number of primary amides is 1. The highest BCUT2D eigenvalue weighted by Gasteiger charge is 2.32. The van der Waals surface area contributed by atoms with Crippen LogP contribution in [0.5, 0.6) is 11.5 Å². The largest absolute Gasteiger partial charge is 0.493 e. The van der Waals surface area contributed by atoms with Crippen LogP contribution in [-0.2, 0) is 20.7 Å². The van der Waals surface area contributed by atoms with Crippen molar-refractivity contribution in [1.82, 2.24) is 5.32 Å². The van der Waals surface area contributed by atoms with Crippen molar-refractivity contribution in [3.63, 3.8) is 0 Å². The van der Waals surface area contributed by atoms with Gasteiger partial charge in [0.2, 0.25) is 11.8 Å². The van der Waals surface area contributed by atoms with Crippen LogP contribution in [0.3, 0.4) is 0 Å². The molecular formula is C30H54ClN3O6. The monoisotopic (exact) mass is 587 g/mol. The quantitative estimate of drug-likeness (QED) is 0.180. The van der Waals surface area contributed by atoms with Gasteiger partial charge in [0.25, 0.3) is 0 Å². The molecule has 40 heavy (non-hydrogen) atoms. The molecule has 0 fully saturated rings. The van der Waals surface area contributed by atoms with Gasteiger partial charge >= 0.3 is 0 Å². The number of ether oxygens (including phenoxy) is 3. The van der Waals surface area contributed by atoms with Crippen molar-refractivity contribution in [3.8, 4) is 11.5 Å². The highest BCUT2D eigenvalue weighted by Crippen LogP contribution is 2.32. The first kappa shape index (κ1) is 37.9. The summed E-state index contributed by atoms with van der Waals surface area (Å²) in [6.45, 7) is 12.9.